The van der Waals surface area contributed by atoms with Crippen LogP contribution in [0.25, 0.3) is 6.08 Å². The van der Waals surface area contributed by atoms with E-state index in [0.717, 1.165) is 11.1 Å². The third kappa shape index (κ3) is 5.43. The molecular formula is C21H20N2O3S2. The summed E-state index contributed by atoms with van der Waals surface area (Å²) in [4.78, 5) is 26.7. The molecule has 1 aliphatic heterocycles. The lowest BCUT2D eigenvalue weighted by molar-refractivity contribution is -0.123. The van der Waals surface area contributed by atoms with Gasteiger partial charge in [0.1, 0.15) is 10.1 Å². The molecule has 1 fully saturated rings. The number of nitrogens with zero attached hydrogens (tertiary/aromatic N) is 1. The number of thiocarbonyl (C=S) groups is 1. The summed E-state index contributed by atoms with van der Waals surface area (Å²) in [5.74, 6) is -0.0619. The Morgan fingerprint density at radius 1 is 1.14 bits per heavy atom. The van der Waals surface area contributed by atoms with Crippen LogP contribution < -0.4 is 5.32 Å². The zero-order chi connectivity index (χ0) is 19.9. The monoisotopic (exact) mass is 412 g/mol. The van der Waals surface area contributed by atoms with Crippen molar-refractivity contribution in [2.24, 2.45) is 0 Å². The van der Waals surface area contributed by atoms with Gasteiger partial charge in [0, 0.05) is 19.5 Å². The molecule has 1 saturated heterocycles. The number of amides is 2. The van der Waals surface area contributed by atoms with Crippen molar-refractivity contribution in [3.8, 4) is 5.75 Å². The fourth-order valence-corrected chi connectivity index (χ4v) is 4.01. The summed E-state index contributed by atoms with van der Waals surface area (Å²) in [6.45, 7) is 0.762. The lowest BCUT2D eigenvalue weighted by Gasteiger charge is -2.14. The molecule has 2 aromatic carbocycles. The van der Waals surface area contributed by atoms with Crippen LogP contribution in [-0.4, -0.2) is 39.2 Å². The molecule has 0 unspecified atom stereocenters. The Kier molecular flexibility index (Phi) is 6.84. The quantitative estimate of drug-likeness (QED) is 0.539. The lowest BCUT2D eigenvalue weighted by Crippen LogP contribution is -2.34. The zero-order valence-electron chi connectivity index (χ0n) is 15.1. The summed E-state index contributed by atoms with van der Waals surface area (Å²) in [5, 5.41) is 12.1. The molecule has 28 heavy (non-hydrogen) atoms. The number of phenolic OH excluding ortho intramolecular Hbond substituents is 1. The maximum atomic E-state index is 12.6. The molecule has 0 aromatic heterocycles. The smallest absolute Gasteiger partial charge is 0.266 e. The van der Waals surface area contributed by atoms with Crippen LogP contribution in [-0.2, 0) is 16.0 Å². The van der Waals surface area contributed by atoms with Crippen molar-refractivity contribution in [2.75, 3.05) is 13.1 Å². The first kappa shape index (κ1) is 20.1. The molecule has 0 saturated carbocycles. The summed E-state index contributed by atoms with van der Waals surface area (Å²) >= 11 is 6.56. The van der Waals surface area contributed by atoms with Crippen molar-refractivity contribution in [3.05, 3.63) is 70.6 Å². The van der Waals surface area contributed by atoms with E-state index in [0.29, 0.717) is 22.2 Å². The fourth-order valence-electron chi connectivity index (χ4n) is 2.70. The fraction of sp³-hybridized carbons (Fsp3) is 0.190. The molecule has 0 atom stereocenters. The number of rotatable bonds is 7. The van der Waals surface area contributed by atoms with Gasteiger partial charge in [-0.1, -0.05) is 66.4 Å². The second-order valence-corrected chi connectivity index (χ2v) is 7.94. The Labute approximate surface area is 173 Å². The Balaban J connectivity index is 1.46. The van der Waals surface area contributed by atoms with Gasteiger partial charge in [-0.05, 0) is 35.8 Å². The Bertz CT molecular complexity index is 896. The SMILES string of the molecule is O=C(CCN1C(=O)/C(=C\c2ccccc2)SC1=S)NCCc1ccc(O)cc1. The molecule has 0 bridgehead atoms. The topological polar surface area (TPSA) is 69.6 Å². The van der Waals surface area contributed by atoms with Crippen molar-refractivity contribution in [2.45, 2.75) is 12.8 Å². The molecule has 2 aromatic rings. The molecule has 0 radical (unpaired) electrons. The molecule has 5 nitrogen and oxygen atoms in total. The van der Waals surface area contributed by atoms with Crippen LogP contribution in [0.1, 0.15) is 17.5 Å². The van der Waals surface area contributed by atoms with Crippen molar-refractivity contribution in [1.29, 1.82) is 0 Å². The first-order chi connectivity index (χ1) is 13.5. The Hall–Kier alpha value is -2.64. The predicted octanol–water partition coefficient (Wildman–Crippen LogP) is 3.34. The van der Waals surface area contributed by atoms with E-state index in [9.17, 15) is 14.7 Å². The summed E-state index contributed by atoms with van der Waals surface area (Å²) in [6.07, 6.45) is 2.69. The third-order valence-electron chi connectivity index (χ3n) is 4.21. The van der Waals surface area contributed by atoms with Gasteiger partial charge in [0.15, 0.2) is 0 Å². The largest absolute Gasteiger partial charge is 0.508 e. The van der Waals surface area contributed by atoms with Crippen molar-refractivity contribution in [1.82, 2.24) is 10.2 Å². The highest BCUT2D eigenvalue weighted by Gasteiger charge is 2.31. The van der Waals surface area contributed by atoms with Gasteiger partial charge in [0.2, 0.25) is 5.91 Å². The van der Waals surface area contributed by atoms with Gasteiger partial charge >= 0.3 is 0 Å². The number of hydrogen-bond acceptors (Lipinski definition) is 5. The van der Waals surface area contributed by atoms with Gasteiger partial charge in [0.25, 0.3) is 5.91 Å². The number of benzene rings is 2. The summed E-state index contributed by atoms with van der Waals surface area (Å²) in [5.41, 5.74) is 1.97. The van der Waals surface area contributed by atoms with Crippen molar-refractivity contribution >= 4 is 46.2 Å². The zero-order valence-corrected chi connectivity index (χ0v) is 16.8. The standard InChI is InChI=1S/C21H20N2O3S2/c24-17-8-6-15(7-9-17)10-12-22-19(25)11-13-23-20(26)18(28-21(23)27)14-16-4-2-1-3-5-16/h1-9,14,24H,10-13H2,(H,22,25)/b18-14+. The second-order valence-electron chi connectivity index (χ2n) is 6.26. The van der Waals surface area contributed by atoms with Crippen LogP contribution in [0.15, 0.2) is 59.5 Å². The maximum absolute atomic E-state index is 12.6. The van der Waals surface area contributed by atoms with Gasteiger partial charge in [-0.2, -0.15) is 0 Å². The van der Waals surface area contributed by atoms with Crippen LogP contribution in [0.3, 0.4) is 0 Å². The van der Waals surface area contributed by atoms with Crippen LogP contribution in [0.4, 0.5) is 0 Å². The average molecular weight is 413 g/mol. The van der Waals surface area contributed by atoms with Crippen LogP contribution in [0.5, 0.6) is 5.75 Å². The molecule has 3 rings (SSSR count). The number of phenols is 1. The Morgan fingerprint density at radius 3 is 2.57 bits per heavy atom. The molecular weight excluding hydrogens is 392 g/mol. The van der Waals surface area contributed by atoms with E-state index < -0.39 is 0 Å². The molecule has 1 aliphatic rings. The normalized spacial score (nSPS) is 15.3. The first-order valence-corrected chi connectivity index (χ1v) is 10.1. The van der Waals surface area contributed by atoms with E-state index in [1.54, 1.807) is 12.1 Å². The van der Waals surface area contributed by atoms with E-state index in [2.05, 4.69) is 5.32 Å². The molecule has 0 aliphatic carbocycles. The second kappa shape index (κ2) is 9.52. The minimum atomic E-state index is -0.157. The number of aromatic hydroxyl groups is 1. The third-order valence-corrected chi connectivity index (χ3v) is 5.58. The Morgan fingerprint density at radius 2 is 1.86 bits per heavy atom. The first-order valence-electron chi connectivity index (χ1n) is 8.88. The molecule has 144 valence electrons. The molecule has 2 N–H and O–H groups in total. The average Bonchev–Trinajstić information content (AvgIpc) is 2.95. The number of nitrogens with one attached hydrogen (secondary N) is 1. The van der Waals surface area contributed by atoms with Crippen molar-refractivity contribution < 1.29 is 14.7 Å². The van der Waals surface area contributed by atoms with E-state index >= 15 is 0 Å². The minimum absolute atomic E-state index is 0.125. The van der Waals surface area contributed by atoms with Gasteiger partial charge in [-0.15, -0.1) is 0 Å². The minimum Gasteiger partial charge on any atom is -0.508 e. The highest BCUT2D eigenvalue weighted by Crippen LogP contribution is 2.32. The van der Waals surface area contributed by atoms with Crippen LogP contribution in [0, 0.1) is 0 Å². The van der Waals surface area contributed by atoms with Crippen LogP contribution in [0.2, 0.25) is 0 Å². The van der Waals surface area contributed by atoms with E-state index in [-0.39, 0.29) is 30.5 Å². The van der Waals surface area contributed by atoms with E-state index in [4.69, 9.17) is 12.2 Å². The van der Waals surface area contributed by atoms with Gasteiger partial charge in [0.05, 0.1) is 4.91 Å². The summed E-state index contributed by atoms with van der Waals surface area (Å²) in [7, 11) is 0. The maximum Gasteiger partial charge on any atom is 0.266 e. The van der Waals surface area contributed by atoms with Crippen molar-refractivity contribution in [3.63, 3.8) is 0 Å². The number of carbonyl (C=O) groups excluding carboxylic acids is 2. The molecule has 7 heteroatoms. The highest BCUT2D eigenvalue weighted by molar-refractivity contribution is 8.26. The lowest BCUT2D eigenvalue weighted by atomic mass is 10.1. The number of hydrogen-bond donors (Lipinski definition) is 2. The number of thioether (sulfide) groups is 1. The molecule has 1 heterocycles. The van der Waals surface area contributed by atoms with Gasteiger partial charge < -0.3 is 10.4 Å². The van der Waals surface area contributed by atoms with Gasteiger partial charge in [-0.3, -0.25) is 14.5 Å². The molecule has 0 spiro atoms. The number of carbonyl (C=O) groups is 2. The summed E-state index contributed by atoms with van der Waals surface area (Å²) < 4.78 is 0.476. The summed E-state index contributed by atoms with van der Waals surface area (Å²) in [6, 6.07) is 16.5. The molecule has 2 amide bonds. The predicted molar refractivity (Wildman–Crippen MR) is 116 cm³/mol. The van der Waals surface area contributed by atoms with E-state index in [1.165, 1.54) is 16.7 Å². The van der Waals surface area contributed by atoms with E-state index in [1.807, 2.05) is 48.5 Å². The highest BCUT2D eigenvalue weighted by atomic mass is 32.2. The van der Waals surface area contributed by atoms with Crippen LogP contribution >= 0.6 is 24.0 Å². The van der Waals surface area contributed by atoms with Gasteiger partial charge in [-0.25, -0.2) is 0 Å².